The molecule has 0 aliphatic rings. The highest BCUT2D eigenvalue weighted by Gasteiger charge is 2.31. The van der Waals surface area contributed by atoms with Gasteiger partial charge in [0, 0.05) is 6.54 Å². The first-order valence-corrected chi connectivity index (χ1v) is 13.8. The number of unbranched alkanes of at least 4 members (excludes halogenated alkanes) is 1. The minimum absolute atomic E-state index is 0. The van der Waals surface area contributed by atoms with Crippen LogP contribution in [0.15, 0.2) is 12.3 Å². The zero-order valence-corrected chi connectivity index (χ0v) is 15.8. The molecule has 0 aromatic heterocycles. The van der Waals surface area contributed by atoms with Crippen molar-refractivity contribution in [3.05, 3.63) is 12.3 Å². The number of hydrogen-bond donors (Lipinski definition) is 2. The van der Waals surface area contributed by atoms with Gasteiger partial charge in [-0.15, -0.1) is 0 Å². The summed E-state index contributed by atoms with van der Waals surface area (Å²) in [7, 11) is -3.15. The fraction of sp³-hybridized carbons (Fsp3) is 0.812. The maximum absolute atomic E-state index is 11.3. The number of nitrogens with one attached hydrogen (secondary N) is 1. The summed E-state index contributed by atoms with van der Waals surface area (Å²) >= 11 is 0. The maximum atomic E-state index is 11.3. The number of hydrogen-bond acceptors (Lipinski definition) is 3. The van der Waals surface area contributed by atoms with Crippen molar-refractivity contribution in [3.63, 3.8) is 0 Å². The predicted octanol–water partition coefficient (Wildman–Crippen LogP) is 4.46. The lowest BCUT2D eigenvalue weighted by molar-refractivity contribution is -0.117. The van der Waals surface area contributed by atoms with Crippen molar-refractivity contribution in [2.24, 2.45) is 5.73 Å². The van der Waals surface area contributed by atoms with Crippen molar-refractivity contribution < 1.29 is 8.91 Å². The Labute approximate surface area is 141 Å². The lowest BCUT2D eigenvalue weighted by Gasteiger charge is -2.34. The van der Waals surface area contributed by atoms with E-state index in [4.69, 9.17) is 9.85 Å². The summed E-state index contributed by atoms with van der Waals surface area (Å²) in [4.78, 5) is 11.3. The largest absolute Gasteiger partial charge is 0.455 e. The SMILES string of the molecule is C.C.C=C(N)C(=O)NCCC[Si](C)(C)O[Si](C)(C)CCCC. The molecule has 4 nitrogen and oxygen atoms in total. The second kappa shape index (κ2) is 11.9. The Balaban J connectivity index is -0.00000180. The fourth-order valence-corrected chi connectivity index (χ4v) is 11.3. The Morgan fingerprint density at radius 3 is 1.95 bits per heavy atom. The van der Waals surface area contributed by atoms with Crippen LogP contribution in [0.5, 0.6) is 0 Å². The van der Waals surface area contributed by atoms with Crippen molar-refractivity contribution >= 4 is 22.5 Å². The van der Waals surface area contributed by atoms with Crippen molar-refractivity contribution in [3.8, 4) is 0 Å². The van der Waals surface area contributed by atoms with E-state index in [9.17, 15) is 4.79 Å². The van der Waals surface area contributed by atoms with Crippen molar-refractivity contribution in [2.75, 3.05) is 6.54 Å². The van der Waals surface area contributed by atoms with Gasteiger partial charge in [-0.2, -0.15) is 0 Å². The quantitative estimate of drug-likeness (QED) is 0.348. The van der Waals surface area contributed by atoms with E-state index in [1.54, 1.807) is 0 Å². The van der Waals surface area contributed by atoms with Crippen molar-refractivity contribution in [1.82, 2.24) is 5.32 Å². The van der Waals surface area contributed by atoms with Crippen LogP contribution in [0.3, 0.4) is 0 Å². The van der Waals surface area contributed by atoms with Gasteiger partial charge in [0.2, 0.25) is 0 Å². The summed E-state index contributed by atoms with van der Waals surface area (Å²) in [5, 5.41) is 2.77. The molecule has 0 fully saturated rings. The van der Waals surface area contributed by atoms with Crippen LogP contribution >= 0.6 is 0 Å². The highest BCUT2D eigenvalue weighted by atomic mass is 28.4. The Morgan fingerprint density at radius 2 is 1.55 bits per heavy atom. The van der Waals surface area contributed by atoms with Crippen LogP contribution < -0.4 is 11.1 Å². The van der Waals surface area contributed by atoms with Crippen LogP contribution in [0, 0.1) is 0 Å². The lowest BCUT2D eigenvalue weighted by Crippen LogP contribution is -2.44. The molecule has 0 saturated carbocycles. The minimum atomic E-state index is -1.63. The van der Waals surface area contributed by atoms with Crippen LogP contribution in [0.25, 0.3) is 0 Å². The standard InChI is InChI=1S/C14H32N2O2Si2.2CH4/c1-7-8-11-19(3,4)18-20(5,6)12-9-10-16-14(17)13(2)15;;/h2,7-12,15H2,1,3-6H3,(H,16,17);2*1H4. The first kappa shape index (κ1) is 26.3. The first-order chi connectivity index (χ1) is 9.09. The van der Waals surface area contributed by atoms with Crippen molar-refractivity contribution in [2.45, 2.75) is 79.3 Å². The molecule has 0 rings (SSSR count). The molecule has 0 radical (unpaired) electrons. The molecule has 6 heteroatoms. The van der Waals surface area contributed by atoms with Gasteiger partial charge < -0.3 is 15.2 Å². The number of carbonyl (C=O) groups is 1. The third-order valence-electron chi connectivity index (χ3n) is 3.22. The third-order valence-corrected chi connectivity index (χ3v) is 10.8. The summed E-state index contributed by atoms with van der Waals surface area (Å²) < 4.78 is 6.50. The molecule has 1 amide bonds. The monoisotopic (exact) mass is 348 g/mol. The molecule has 0 atom stereocenters. The second-order valence-corrected chi connectivity index (χ2v) is 15.5. The smallest absolute Gasteiger partial charge is 0.266 e. The average Bonchev–Trinajstić information content (AvgIpc) is 2.30. The normalized spacial score (nSPS) is 11.1. The van der Waals surface area contributed by atoms with Crippen molar-refractivity contribution in [1.29, 1.82) is 0 Å². The van der Waals surface area contributed by atoms with E-state index in [1.165, 1.54) is 18.9 Å². The Morgan fingerprint density at radius 1 is 1.09 bits per heavy atom. The molecule has 134 valence electrons. The topological polar surface area (TPSA) is 64.4 Å². The van der Waals surface area contributed by atoms with Crippen LogP contribution in [0.2, 0.25) is 38.3 Å². The van der Waals surface area contributed by atoms with Gasteiger partial charge in [-0.05, 0) is 44.7 Å². The molecule has 0 bridgehead atoms. The first-order valence-electron chi connectivity index (χ1n) is 7.52. The highest BCUT2D eigenvalue weighted by molar-refractivity contribution is 6.84. The number of amides is 1. The van der Waals surface area contributed by atoms with E-state index in [-0.39, 0.29) is 26.5 Å². The third kappa shape index (κ3) is 13.1. The van der Waals surface area contributed by atoms with E-state index >= 15 is 0 Å². The minimum Gasteiger partial charge on any atom is -0.455 e. The fourth-order valence-electron chi connectivity index (χ4n) is 2.28. The van der Waals surface area contributed by atoms with E-state index in [2.05, 4.69) is 45.0 Å². The van der Waals surface area contributed by atoms with E-state index in [0.29, 0.717) is 6.54 Å². The van der Waals surface area contributed by atoms with Crippen LogP contribution in [0.4, 0.5) is 0 Å². The summed E-state index contributed by atoms with van der Waals surface area (Å²) in [6, 6.07) is 2.30. The van der Waals surface area contributed by atoms with Gasteiger partial charge in [-0.25, -0.2) is 0 Å². The molecule has 0 aromatic carbocycles. The molecule has 0 heterocycles. The molecule has 22 heavy (non-hydrogen) atoms. The van der Waals surface area contributed by atoms with Gasteiger partial charge in [0.15, 0.2) is 16.6 Å². The number of nitrogens with two attached hydrogens (primary N) is 1. The Bertz CT molecular complexity index is 332. The van der Waals surface area contributed by atoms with Crippen LogP contribution in [-0.2, 0) is 8.91 Å². The van der Waals surface area contributed by atoms with E-state index < -0.39 is 16.6 Å². The highest BCUT2D eigenvalue weighted by Crippen LogP contribution is 2.24. The number of rotatable bonds is 10. The maximum Gasteiger partial charge on any atom is 0.266 e. The zero-order valence-electron chi connectivity index (χ0n) is 13.8. The van der Waals surface area contributed by atoms with Gasteiger partial charge in [0.1, 0.15) is 0 Å². The van der Waals surface area contributed by atoms with Crippen LogP contribution in [-0.4, -0.2) is 29.1 Å². The van der Waals surface area contributed by atoms with Gasteiger partial charge in [0.25, 0.3) is 5.91 Å². The number of carbonyl (C=O) groups excluding carboxylic acids is 1. The molecule has 0 saturated heterocycles. The van der Waals surface area contributed by atoms with E-state index in [0.717, 1.165) is 12.5 Å². The molecule has 3 N–H and O–H groups in total. The van der Waals surface area contributed by atoms with Gasteiger partial charge in [-0.3, -0.25) is 4.79 Å². The predicted molar refractivity (Wildman–Crippen MR) is 105 cm³/mol. The zero-order chi connectivity index (χ0) is 15.8. The van der Waals surface area contributed by atoms with Gasteiger partial charge >= 0.3 is 0 Å². The summed E-state index contributed by atoms with van der Waals surface area (Å²) in [5.41, 5.74) is 5.39. The van der Waals surface area contributed by atoms with Gasteiger partial charge in [-0.1, -0.05) is 41.2 Å². The lowest BCUT2D eigenvalue weighted by atomic mass is 10.4. The average molecular weight is 349 g/mol. The summed E-state index contributed by atoms with van der Waals surface area (Å²) in [6.45, 7) is 15.5. The molecule has 0 aliphatic carbocycles. The molecule has 0 unspecified atom stereocenters. The Kier molecular flexibility index (Phi) is 14.2. The van der Waals surface area contributed by atoms with Gasteiger partial charge in [0.05, 0.1) is 5.70 Å². The second-order valence-electron chi connectivity index (χ2n) is 6.61. The Hall–Kier alpha value is -0.596. The molecular weight excluding hydrogens is 308 g/mol. The summed E-state index contributed by atoms with van der Waals surface area (Å²) in [6.07, 6.45) is 3.44. The van der Waals surface area contributed by atoms with E-state index in [1.807, 2.05) is 0 Å². The molecule has 0 aliphatic heterocycles. The molecule has 0 spiro atoms. The van der Waals surface area contributed by atoms with Crippen LogP contribution in [0.1, 0.15) is 41.0 Å². The summed E-state index contributed by atoms with van der Waals surface area (Å²) in [5.74, 6) is -0.261. The molecular formula is C16H40N2O2Si2. The molecule has 0 aromatic rings.